The molecule has 0 spiro atoms. The summed E-state index contributed by atoms with van der Waals surface area (Å²) in [5.41, 5.74) is 0.896. The summed E-state index contributed by atoms with van der Waals surface area (Å²) >= 11 is 5.94. The van der Waals surface area contributed by atoms with Gasteiger partial charge in [-0.05, 0) is 37.2 Å². The molecule has 1 unspecified atom stereocenters. The first-order chi connectivity index (χ1) is 8.35. The highest BCUT2D eigenvalue weighted by atomic mass is 35.5. The van der Waals surface area contributed by atoms with E-state index in [9.17, 15) is 8.42 Å². The Morgan fingerprint density at radius 1 is 1.44 bits per heavy atom. The van der Waals surface area contributed by atoms with E-state index in [1.54, 1.807) is 32.4 Å². The molecule has 0 aliphatic rings. The summed E-state index contributed by atoms with van der Waals surface area (Å²) in [6, 6.07) is 5.17. The lowest BCUT2D eigenvalue weighted by Gasteiger charge is -2.17. The lowest BCUT2D eigenvalue weighted by Crippen LogP contribution is -2.34. The molecule has 0 aromatic heterocycles. The van der Waals surface area contributed by atoms with Gasteiger partial charge in [0.1, 0.15) is 15.6 Å². The van der Waals surface area contributed by atoms with E-state index in [-0.39, 0.29) is 11.8 Å². The Bertz CT molecular complexity index is 502. The first-order valence-corrected chi connectivity index (χ1v) is 7.97. The minimum Gasteiger partial charge on any atom is -0.496 e. The fourth-order valence-electron chi connectivity index (χ4n) is 1.78. The van der Waals surface area contributed by atoms with Gasteiger partial charge in [0.05, 0.1) is 12.9 Å². The highest BCUT2D eigenvalue weighted by Crippen LogP contribution is 2.24. The maximum absolute atomic E-state index is 11.3. The number of benzene rings is 1. The first kappa shape index (κ1) is 15.3. The predicted molar refractivity (Wildman–Crippen MR) is 74.3 cm³/mol. The fraction of sp³-hybridized carbons (Fsp3) is 0.500. The van der Waals surface area contributed by atoms with Crippen molar-refractivity contribution in [3.05, 3.63) is 28.8 Å². The van der Waals surface area contributed by atoms with E-state index in [0.717, 1.165) is 5.56 Å². The van der Waals surface area contributed by atoms with Gasteiger partial charge in [-0.2, -0.15) is 0 Å². The molecule has 0 bridgehead atoms. The second-order valence-corrected chi connectivity index (χ2v) is 6.86. The Morgan fingerprint density at radius 2 is 2.11 bits per heavy atom. The van der Waals surface area contributed by atoms with Crippen molar-refractivity contribution in [2.45, 2.75) is 12.5 Å². The zero-order valence-electron chi connectivity index (χ0n) is 10.7. The highest BCUT2D eigenvalue weighted by molar-refractivity contribution is 7.90. The number of nitrogens with one attached hydrogen (secondary N) is 1. The van der Waals surface area contributed by atoms with Gasteiger partial charge >= 0.3 is 0 Å². The second kappa shape index (κ2) is 6.41. The van der Waals surface area contributed by atoms with Crippen LogP contribution in [0.3, 0.4) is 0 Å². The van der Waals surface area contributed by atoms with Gasteiger partial charge in [-0.25, -0.2) is 8.42 Å². The van der Waals surface area contributed by atoms with Gasteiger partial charge in [-0.15, -0.1) is 0 Å². The van der Waals surface area contributed by atoms with Gasteiger partial charge in [-0.3, -0.25) is 0 Å². The van der Waals surface area contributed by atoms with Gasteiger partial charge in [0, 0.05) is 17.3 Å². The number of halogens is 1. The maximum Gasteiger partial charge on any atom is 0.148 e. The fourth-order valence-corrected chi connectivity index (χ4v) is 2.99. The smallest absolute Gasteiger partial charge is 0.148 e. The van der Waals surface area contributed by atoms with Gasteiger partial charge in [0.2, 0.25) is 0 Å². The Morgan fingerprint density at radius 3 is 2.61 bits per heavy atom. The van der Waals surface area contributed by atoms with Crippen molar-refractivity contribution in [1.82, 2.24) is 5.32 Å². The minimum absolute atomic E-state index is 0.0825. The summed E-state index contributed by atoms with van der Waals surface area (Å²) in [5, 5.41) is 3.61. The number of sulfone groups is 1. The molecule has 1 atom stereocenters. The number of hydrogen-bond donors (Lipinski definition) is 1. The molecule has 0 radical (unpaired) electrons. The number of likely N-dealkylation sites (N-methyl/N-ethyl adjacent to an activating group) is 1. The van der Waals surface area contributed by atoms with Crippen LogP contribution in [-0.2, 0) is 16.3 Å². The molecule has 0 saturated carbocycles. The van der Waals surface area contributed by atoms with E-state index in [1.807, 2.05) is 0 Å². The molecular weight excluding hydrogens is 274 g/mol. The van der Waals surface area contributed by atoms with E-state index in [0.29, 0.717) is 17.2 Å². The molecule has 0 aliphatic heterocycles. The summed E-state index contributed by atoms with van der Waals surface area (Å²) < 4.78 is 27.9. The standard InChI is InChI=1S/C12H18ClNO3S/c1-14-11(8-18(3,15)16)7-9-6-10(13)4-5-12(9)17-2/h4-6,11,14H,7-8H2,1-3H3. The van der Waals surface area contributed by atoms with Crippen LogP contribution in [0, 0.1) is 0 Å². The quantitative estimate of drug-likeness (QED) is 0.863. The van der Waals surface area contributed by atoms with Crippen molar-refractivity contribution in [3.63, 3.8) is 0 Å². The molecule has 0 amide bonds. The van der Waals surface area contributed by atoms with Crippen molar-refractivity contribution in [2.24, 2.45) is 0 Å². The lowest BCUT2D eigenvalue weighted by molar-refractivity contribution is 0.407. The molecule has 1 aromatic carbocycles. The van der Waals surface area contributed by atoms with Crippen molar-refractivity contribution in [3.8, 4) is 5.75 Å². The Kier molecular flexibility index (Phi) is 5.44. The van der Waals surface area contributed by atoms with Crippen LogP contribution in [0.15, 0.2) is 18.2 Å². The molecule has 1 rings (SSSR count). The molecule has 18 heavy (non-hydrogen) atoms. The third kappa shape index (κ3) is 4.84. The SMILES string of the molecule is CNC(Cc1cc(Cl)ccc1OC)CS(C)(=O)=O. The van der Waals surface area contributed by atoms with Gasteiger partial charge < -0.3 is 10.1 Å². The molecule has 4 nitrogen and oxygen atoms in total. The average Bonchev–Trinajstić information content (AvgIpc) is 2.26. The van der Waals surface area contributed by atoms with Crippen molar-refractivity contribution in [2.75, 3.05) is 26.2 Å². The number of methoxy groups -OCH3 is 1. The zero-order chi connectivity index (χ0) is 13.8. The number of rotatable bonds is 6. The molecule has 1 aromatic rings. The molecule has 102 valence electrons. The number of hydrogen-bond acceptors (Lipinski definition) is 4. The van der Waals surface area contributed by atoms with Crippen LogP contribution in [0.5, 0.6) is 5.75 Å². The molecule has 1 N–H and O–H groups in total. The third-order valence-electron chi connectivity index (χ3n) is 2.62. The van der Waals surface area contributed by atoms with Crippen LogP contribution < -0.4 is 10.1 Å². The second-order valence-electron chi connectivity index (χ2n) is 4.24. The topological polar surface area (TPSA) is 55.4 Å². The van der Waals surface area contributed by atoms with Gasteiger partial charge in [-0.1, -0.05) is 11.6 Å². The van der Waals surface area contributed by atoms with Crippen LogP contribution in [0.4, 0.5) is 0 Å². The van der Waals surface area contributed by atoms with Crippen LogP contribution in [0.1, 0.15) is 5.56 Å². The van der Waals surface area contributed by atoms with Crippen LogP contribution in [0.2, 0.25) is 5.02 Å². The van der Waals surface area contributed by atoms with E-state index in [2.05, 4.69) is 5.32 Å². The van der Waals surface area contributed by atoms with Crippen molar-refractivity contribution < 1.29 is 13.2 Å². The Balaban J connectivity index is 2.90. The third-order valence-corrected chi connectivity index (χ3v) is 3.86. The van der Waals surface area contributed by atoms with E-state index in [4.69, 9.17) is 16.3 Å². The van der Waals surface area contributed by atoms with Crippen LogP contribution >= 0.6 is 11.6 Å². The van der Waals surface area contributed by atoms with Crippen LogP contribution in [0.25, 0.3) is 0 Å². The van der Waals surface area contributed by atoms with Gasteiger partial charge in [0.25, 0.3) is 0 Å². The normalized spacial score (nSPS) is 13.3. The maximum atomic E-state index is 11.3. The van der Waals surface area contributed by atoms with Crippen LogP contribution in [-0.4, -0.2) is 40.6 Å². The lowest BCUT2D eigenvalue weighted by atomic mass is 10.1. The van der Waals surface area contributed by atoms with Gasteiger partial charge in [0.15, 0.2) is 0 Å². The summed E-state index contributed by atoms with van der Waals surface area (Å²) in [6.45, 7) is 0. The summed E-state index contributed by atoms with van der Waals surface area (Å²) in [4.78, 5) is 0. The van der Waals surface area contributed by atoms with E-state index in [1.165, 1.54) is 6.26 Å². The number of ether oxygens (including phenoxy) is 1. The predicted octanol–water partition coefficient (Wildman–Crippen LogP) is 1.52. The molecule has 0 saturated heterocycles. The van der Waals surface area contributed by atoms with E-state index >= 15 is 0 Å². The molecule has 0 aliphatic carbocycles. The summed E-state index contributed by atoms with van der Waals surface area (Å²) in [5.74, 6) is 0.798. The molecule has 0 heterocycles. The van der Waals surface area contributed by atoms with Crippen molar-refractivity contribution in [1.29, 1.82) is 0 Å². The molecular formula is C12H18ClNO3S. The van der Waals surface area contributed by atoms with Crippen molar-refractivity contribution >= 4 is 21.4 Å². The average molecular weight is 292 g/mol. The first-order valence-electron chi connectivity index (χ1n) is 5.53. The largest absolute Gasteiger partial charge is 0.496 e. The summed E-state index contributed by atoms with van der Waals surface area (Å²) in [6.07, 6.45) is 1.78. The molecule has 0 fully saturated rings. The van der Waals surface area contributed by atoms with E-state index < -0.39 is 9.84 Å². The summed E-state index contributed by atoms with van der Waals surface area (Å²) in [7, 11) is 0.302. The molecule has 6 heteroatoms. The minimum atomic E-state index is -3.02. The zero-order valence-corrected chi connectivity index (χ0v) is 12.3. The highest BCUT2D eigenvalue weighted by Gasteiger charge is 2.16. The monoisotopic (exact) mass is 291 g/mol. The Hall–Kier alpha value is -0.780. The Labute approximate surface area is 113 Å².